The first kappa shape index (κ1) is 19.9. The Kier molecular flexibility index (Phi) is 7.54. The van der Waals surface area contributed by atoms with Crippen LogP contribution in [0, 0.1) is 10.1 Å². The van der Waals surface area contributed by atoms with Gasteiger partial charge in [-0.1, -0.05) is 17.8 Å². The van der Waals surface area contributed by atoms with Gasteiger partial charge in [-0.05, 0) is 19.4 Å². The third-order valence-corrected chi connectivity index (χ3v) is 4.51. The van der Waals surface area contributed by atoms with Gasteiger partial charge in [-0.3, -0.25) is 24.7 Å². The zero-order valence-electron chi connectivity index (χ0n) is 14.3. The minimum Gasteiger partial charge on any atom is -0.382 e. The molecule has 26 heavy (non-hydrogen) atoms. The number of carbonyl (C=O) groups is 2. The maximum atomic E-state index is 12.1. The summed E-state index contributed by atoms with van der Waals surface area (Å²) in [4.78, 5) is 38.5. The quantitative estimate of drug-likeness (QED) is 0.383. The summed E-state index contributed by atoms with van der Waals surface area (Å²) in [6, 6.07) is 5.64. The number of rotatable bonds is 9. The molecule has 0 saturated carbocycles. The van der Waals surface area contributed by atoms with Crippen molar-refractivity contribution in [2.24, 2.45) is 4.99 Å². The van der Waals surface area contributed by atoms with E-state index in [9.17, 15) is 19.7 Å². The normalized spacial score (nSPS) is 18.0. The fourth-order valence-corrected chi connectivity index (χ4v) is 3.18. The second-order valence-electron chi connectivity index (χ2n) is 5.39. The SMILES string of the molecule is CCOCCCN=C1NC(=O)[C@H](CC(=O)Nc2cccc([N+](=O)[O-])c2)S1. The maximum Gasteiger partial charge on any atom is 0.271 e. The van der Waals surface area contributed by atoms with Crippen LogP contribution in [0.1, 0.15) is 19.8 Å². The Morgan fingerprint density at radius 1 is 1.50 bits per heavy atom. The van der Waals surface area contributed by atoms with Crippen LogP contribution in [0.3, 0.4) is 0 Å². The molecule has 2 N–H and O–H groups in total. The van der Waals surface area contributed by atoms with Gasteiger partial charge in [-0.25, -0.2) is 0 Å². The molecule has 0 aromatic heterocycles. The average molecular weight is 380 g/mol. The molecule has 1 saturated heterocycles. The van der Waals surface area contributed by atoms with E-state index < -0.39 is 16.1 Å². The Morgan fingerprint density at radius 3 is 3.04 bits per heavy atom. The molecule has 1 aliphatic heterocycles. The highest BCUT2D eigenvalue weighted by Crippen LogP contribution is 2.23. The highest BCUT2D eigenvalue weighted by molar-refractivity contribution is 8.15. The standard InChI is InChI=1S/C16H20N4O5S/c1-2-25-8-4-7-17-16-19-15(22)13(26-16)10-14(21)18-11-5-3-6-12(9-11)20(23)24/h3,5-6,9,13H,2,4,7-8,10H2,1H3,(H,18,21)(H,17,19,22)/t13-/m0/s1. The number of nitro benzene ring substituents is 1. The lowest BCUT2D eigenvalue weighted by atomic mass is 10.2. The molecule has 1 atom stereocenters. The van der Waals surface area contributed by atoms with Gasteiger partial charge >= 0.3 is 0 Å². The minimum absolute atomic E-state index is 0.0445. The minimum atomic E-state index is -0.570. The van der Waals surface area contributed by atoms with E-state index in [1.165, 1.54) is 30.0 Å². The van der Waals surface area contributed by atoms with Crippen LogP contribution in [-0.2, 0) is 14.3 Å². The number of nitrogens with zero attached hydrogens (tertiary/aromatic N) is 2. The van der Waals surface area contributed by atoms with Gasteiger partial charge in [-0.15, -0.1) is 0 Å². The lowest BCUT2D eigenvalue weighted by Gasteiger charge is -2.07. The first-order valence-corrected chi connectivity index (χ1v) is 9.01. The number of anilines is 1. The zero-order chi connectivity index (χ0) is 18.9. The molecule has 2 rings (SSSR count). The fourth-order valence-electron chi connectivity index (χ4n) is 2.18. The Morgan fingerprint density at radius 2 is 2.31 bits per heavy atom. The summed E-state index contributed by atoms with van der Waals surface area (Å²) >= 11 is 1.21. The van der Waals surface area contributed by atoms with Crippen LogP contribution >= 0.6 is 11.8 Å². The summed E-state index contributed by atoms with van der Waals surface area (Å²) in [5.74, 6) is -0.663. The molecule has 1 fully saturated rings. The van der Waals surface area contributed by atoms with Crippen LogP contribution < -0.4 is 10.6 Å². The molecule has 0 unspecified atom stereocenters. The molecule has 1 aromatic carbocycles. The summed E-state index contributed by atoms with van der Waals surface area (Å²) in [6.07, 6.45) is 0.711. The molecular weight excluding hydrogens is 360 g/mol. The largest absolute Gasteiger partial charge is 0.382 e. The fraction of sp³-hybridized carbons (Fsp3) is 0.438. The number of non-ortho nitro benzene ring substituents is 1. The summed E-state index contributed by atoms with van der Waals surface area (Å²) in [5.41, 5.74) is 0.203. The molecule has 140 valence electrons. The van der Waals surface area contributed by atoms with Crippen molar-refractivity contribution in [3.05, 3.63) is 34.4 Å². The van der Waals surface area contributed by atoms with Crippen molar-refractivity contribution in [3.63, 3.8) is 0 Å². The van der Waals surface area contributed by atoms with E-state index in [2.05, 4.69) is 15.6 Å². The first-order valence-electron chi connectivity index (χ1n) is 8.13. The van der Waals surface area contributed by atoms with E-state index in [1.807, 2.05) is 6.92 Å². The number of aliphatic imine (C=N–C) groups is 1. The van der Waals surface area contributed by atoms with Gasteiger partial charge in [0.05, 0.1) is 4.92 Å². The first-order chi connectivity index (χ1) is 12.5. The maximum absolute atomic E-state index is 12.1. The lowest BCUT2D eigenvalue weighted by Crippen LogP contribution is -2.28. The van der Waals surface area contributed by atoms with Crippen LogP contribution in [0.4, 0.5) is 11.4 Å². The third-order valence-electron chi connectivity index (χ3n) is 3.39. The number of benzene rings is 1. The van der Waals surface area contributed by atoms with Crippen molar-refractivity contribution in [1.82, 2.24) is 5.32 Å². The van der Waals surface area contributed by atoms with E-state index in [4.69, 9.17) is 4.74 Å². The highest BCUT2D eigenvalue weighted by Gasteiger charge is 2.32. The Bertz CT molecular complexity index is 710. The van der Waals surface area contributed by atoms with E-state index in [1.54, 1.807) is 6.07 Å². The topological polar surface area (TPSA) is 123 Å². The van der Waals surface area contributed by atoms with E-state index in [-0.39, 0.29) is 18.0 Å². The predicted molar refractivity (Wildman–Crippen MR) is 99.3 cm³/mol. The van der Waals surface area contributed by atoms with Crippen LogP contribution in [-0.4, -0.2) is 46.9 Å². The number of carbonyl (C=O) groups excluding carboxylic acids is 2. The molecule has 1 aromatic rings. The number of nitro groups is 1. The predicted octanol–water partition coefficient (Wildman–Crippen LogP) is 1.94. The van der Waals surface area contributed by atoms with Crippen molar-refractivity contribution < 1.29 is 19.2 Å². The van der Waals surface area contributed by atoms with E-state index >= 15 is 0 Å². The summed E-state index contributed by atoms with van der Waals surface area (Å²) in [5, 5.41) is 15.9. The van der Waals surface area contributed by atoms with Crippen molar-refractivity contribution in [2.45, 2.75) is 25.0 Å². The molecule has 0 bridgehead atoms. The average Bonchev–Trinajstić information content (AvgIpc) is 2.94. The number of hydrogen-bond acceptors (Lipinski definition) is 7. The van der Waals surface area contributed by atoms with Gasteiger partial charge in [-0.2, -0.15) is 0 Å². The van der Waals surface area contributed by atoms with Gasteiger partial charge in [0.25, 0.3) is 5.69 Å². The van der Waals surface area contributed by atoms with Gasteiger partial charge in [0.2, 0.25) is 11.8 Å². The third kappa shape index (κ3) is 6.12. The van der Waals surface area contributed by atoms with Gasteiger partial charge in [0.1, 0.15) is 5.25 Å². The van der Waals surface area contributed by atoms with Gasteiger partial charge in [0, 0.05) is 44.0 Å². The molecule has 0 spiro atoms. The molecule has 1 aliphatic rings. The smallest absolute Gasteiger partial charge is 0.271 e. The van der Waals surface area contributed by atoms with Crippen LogP contribution in [0.25, 0.3) is 0 Å². The summed E-state index contributed by atoms with van der Waals surface area (Å²) in [7, 11) is 0. The molecule has 2 amide bonds. The van der Waals surface area contributed by atoms with Crippen molar-refractivity contribution in [1.29, 1.82) is 0 Å². The van der Waals surface area contributed by atoms with Crippen LogP contribution in [0.2, 0.25) is 0 Å². The van der Waals surface area contributed by atoms with Crippen molar-refractivity contribution in [3.8, 4) is 0 Å². The molecule has 1 heterocycles. The number of thioether (sulfide) groups is 1. The lowest BCUT2D eigenvalue weighted by molar-refractivity contribution is -0.384. The summed E-state index contributed by atoms with van der Waals surface area (Å²) in [6.45, 7) is 3.72. The van der Waals surface area contributed by atoms with E-state index in [0.717, 1.165) is 6.42 Å². The van der Waals surface area contributed by atoms with Gasteiger partial charge < -0.3 is 15.4 Å². The molecular formula is C16H20N4O5S. The molecule has 9 nitrogen and oxygen atoms in total. The second-order valence-corrected chi connectivity index (χ2v) is 6.58. The summed E-state index contributed by atoms with van der Waals surface area (Å²) < 4.78 is 5.21. The molecule has 0 radical (unpaired) electrons. The Hall–Kier alpha value is -2.46. The zero-order valence-corrected chi connectivity index (χ0v) is 15.1. The van der Waals surface area contributed by atoms with Crippen LogP contribution in [0.5, 0.6) is 0 Å². The number of amides is 2. The number of ether oxygens (including phenoxy) is 1. The van der Waals surface area contributed by atoms with Crippen LogP contribution in [0.15, 0.2) is 29.3 Å². The number of hydrogen-bond donors (Lipinski definition) is 2. The van der Waals surface area contributed by atoms with Crippen molar-refractivity contribution >= 4 is 40.1 Å². The number of nitrogens with one attached hydrogen (secondary N) is 2. The monoisotopic (exact) mass is 380 g/mol. The van der Waals surface area contributed by atoms with Crippen molar-refractivity contribution in [2.75, 3.05) is 25.1 Å². The Labute approximate surface area is 154 Å². The van der Waals surface area contributed by atoms with Gasteiger partial charge in [0.15, 0.2) is 5.17 Å². The highest BCUT2D eigenvalue weighted by atomic mass is 32.2. The van der Waals surface area contributed by atoms with E-state index in [0.29, 0.717) is 30.6 Å². The molecule has 0 aliphatic carbocycles. The number of amidine groups is 1. The second kappa shape index (κ2) is 9.88. The molecule has 10 heteroatoms. The Balaban J connectivity index is 1.83.